The first kappa shape index (κ1) is 22.3. The van der Waals surface area contributed by atoms with Gasteiger partial charge in [-0.1, -0.05) is 22.8 Å². The maximum absolute atomic E-state index is 12.4. The zero-order valence-electron chi connectivity index (χ0n) is 18.2. The van der Waals surface area contributed by atoms with E-state index in [1.807, 2.05) is 49.4 Å². The lowest BCUT2D eigenvalue weighted by atomic mass is 10.2. The van der Waals surface area contributed by atoms with E-state index in [1.165, 1.54) is 0 Å². The molecule has 3 aromatic rings. The van der Waals surface area contributed by atoms with Gasteiger partial charge in [-0.25, -0.2) is 0 Å². The fourth-order valence-electron chi connectivity index (χ4n) is 3.61. The first-order chi connectivity index (χ1) is 15.5. The number of nitrogens with zero attached hydrogens (tertiary/aromatic N) is 4. The van der Waals surface area contributed by atoms with Crippen molar-refractivity contribution in [3.8, 4) is 17.1 Å². The second-order valence-electron chi connectivity index (χ2n) is 7.75. The minimum Gasteiger partial charge on any atom is -0.497 e. The standard InChI is InChI=1S/C23H26ClN5O3/c1-16-19(24)4-3-5-20(16)25-21(30)14-28-10-12-29(13-11-28)15-22-26-23(27-32-22)17-6-8-18(31-2)9-7-17/h3-9H,10-15H2,1-2H3,(H,25,30). The number of carbonyl (C=O) groups is 1. The van der Waals surface area contributed by atoms with Gasteiger partial charge in [0.05, 0.1) is 20.2 Å². The molecule has 8 nitrogen and oxygen atoms in total. The Morgan fingerprint density at radius 2 is 1.84 bits per heavy atom. The van der Waals surface area contributed by atoms with Crippen molar-refractivity contribution in [1.82, 2.24) is 19.9 Å². The maximum Gasteiger partial charge on any atom is 0.241 e. The largest absolute Gasteiger partial charge is 0.497 e. The van der Waals surface area contributed by atoms with Crippen LogP contribution in [0.25, 0.3) is 11.4 Å². The highest BCUT2D eigenvalue weighted by Crippen LogP contribution is 2.23. The number of rotatable bonds is 7. The van der Waals surface area contributed by atoms with E-state index >= 15 is 0 Å². The summed E-state index contributed by atoms with van der Waals surface area (Å²) < 4.78 is 10.6. The number of carbonyl (C=O) groups excluding carboxylic acids is 1. The number of hydrogen-bond acceptors (Lipinski definition) is 7. The van der Waals surface area contributed by atoms with Crippen molar-refractivity contribution in [1.29, 1.82) is 0 Å². The molecule has 1 saturated heterocycles. The molecular weight excluding hydrogens is 430 g/mol. The Kier molecular flexibility index (Phi) is 7.04. The van der Waals surface area contributed by atoms with Crippen molar-refractivity contribution in [2.75, 3.05) is 45.2 Å². The van der Waals surface area contributed by atoms with Gasteiger partial charge in [-0.15, -0.1) is 0 Å². The van der Waals surface area contributed by atoms with Crippen molar-refractivity contribution in [3.63, 3.8) is 0 Å². The first-order valence-electron chi connectivity index (χ1n) is 10.5. The number of nitrogens with one attached hydrogen (secondary N) is 1. The molecule has 32 heavy (non-hydrogen) atoms. The van der Waals surface area contributed by atoms with Crippen LogP contribution in [-0.4, -0.2) is 65.7 Å². The van der Waals surface area contributed by atoms with Crippen LogP contribution in [0.3, 0.4) is 0 Å². The van der Waals surface area contributed by atoms with Gasteiger partial charge in [0.2, 0.25) is 17.6 Å². The lowest BCUT2D eigenvalue weighted by molar-refractivity contribution is -0.117. The number of ether oxygens (including phenoxy) is 1. The minimum absolute atomic E-state index is 0.0372. The van der Waals surface area contributed by atoms with E-state index < -0.39 is 0 Å². The van der Waals surface area contributed by atoms with Crippen LogP contribution in [0.4, 0.5) is 5.69 Å². The van der Waals surface area contributed by atoms with E-state index in [-0.39, 0.29) is 5.91 Å². The van der Waals surface area contributed by atoms with Gasteiger partial charge in [-0.05, 0) is 48.9 Å². The summed E-state index contributed by atoms with van der Waals surface area (Å²) in [7, 11) is 1.63. The van der Waals surface area contributed by atoms with Gasteiger partial charge in [-0.3, -0.25) is 14.6 Å². The lowest BCUT2D eigenvalue weighted by Crippen LogP contribution is -2.48. The maximum atomic E-state index is 12.4. The van der Waals surface area contributed by atoms with Crippen molar-refractivity contribution >= 4 is 23.2 Å². The molecule has 9 heteroatoms. The Balaban J connectivity index is 1.25. The van der Waals surface area contributed by atoms with Crippen LogP contribution < -0.4 is 10.1 Å². The number of halogens is 1. The molecule has 1 aliphatic rings. The van der Waals surface area contributed by atoms with Gasteiger partial charge >= 0.3 is 0 Å². The Labute approximate surface area is 192 Å². The van der Waals surface area contributed by atoms with Crippen molar-refractivity contribution in [2.24, 2.45) is 0 Å². The second-order valence-corrected chi connectivity index (χ2v) is 8.16. The van der Waals surface area contributed by atoms with Gasteiger partial charge in [0.25, 0.3) is 0 Å². The zero-order chi connectivity index (χ0) is 22.5. The topological polar surface area (TPSA) is 83.7 Å². The van der Waals surface area contributed by atoms with Gasteiger partial charge in [-0.2, -0.15) is 4.98 Å². The Morgan fingerprint density at radius 3 is 2.56 bits per heavy atom. The molecule has 0 atom stereocenters. The summed E-state index contributed by atoms with van der Waals surface area (Å²) in [6.45, 7) is 6.07. The third-order valence-corrected chi connectivity index (χ3v) is 5.96. The molecule has 0 unspecified atom stereocenters. The molecule has 1 fully saturated rings. The fraction of sp³-hybridized carbons (Fsp3) is 0.348. The molecule has 1 aliphatic heterocycles. The van der Waals surface area contributed by atoms with Crippen molar-refractivity contribution < 1.29 is 14.1 Å². The van der Waals surface area contributed by atoms with Gasteiger partial charge in [0, 0.05) is 42.5 Å². The van der Waals surface area contributed by atoms with E-state index in [0.717, 1.165) is 48.7 Å². The van der Waals surface area contributed by atoms with Crippen LogP contribution in [0.5, 0.6) is 5.75 Å². The molecule has 1 N–H and O–H groups in total. The quantitative estimate of drug-likeness (QED) is 0.584. The first-order valence-corrected chi connectivity index (χ1v) is 10.9. The van der Waals surface area contributed by atoms with E-state index in [1.54, 1.807) is 7.11 Å². The van der Waals surface area contributed by atoms with Crippen LogP contribution in [0.2, 0.25) is 5.02 Å². The Hall–Kier alpha value is -2.94. The molecule has 0 spiro atoms. The van der Waals surface area contributed by atoms with E-state index in [2.05, 4.69) is 25.3 Å². The number of piperazine rings is 1. The molecule has 1 aromatic heterocycles. The van der Waals surface area contributed by atoms with Crippen LogP contribution in [0.15, 0.2) is 47.0 Å². The molecule has 0 saturated carbocycles. The molecule has 0 radical (unpaired) electrons. The predicted molar refractivity (Wildman–Crippen MR) is 123 cm³/mol. The van der Waals surface area contributed by atoms with Gasteiger partial charge < -0.3 is 14.6 Å². The average molecular weight is 456 g/mol. The highest BCUT2D eigenvalue weighted by molar-refractivity contribution is 6.31. The summed E-state index contributed by atoms with van der Waals surface area (Å²) in [4.78, 5) is 21.3. The van der Waals surface area contributed by atoms with Crippen molar-refractivity contribution in [2.45, 2.75) is 13.5 Å². The lowest BCUT2D eigenvalue weighted by Gasteiger charge is -2.33. The summed E-state index contributed by atoms with van der Waals surface area (Å²) in [6, 6.07) is 13.1. The third-order valence-electron chi connectivity index (χ3n) is 5.55. The summed E-state index contributed by atoms with van der Waals surface area (Å²) in [6.07, 6.45) is 0. The molecule has 0 aliphatic carbocycles. The highest BCUT2D eigenvalue weighted by Gasteiger charge is 2.21. The summed E-state index contributed by atoms with van der Waals surface area (Å²) in [5, 5.41) is 7.69. The minimum atomic E-state index is -0.0372. The molecule has 4 rings (SSSR count). The molecule has 2 aromatic carbocycles. The Morgan fingerprint density at radius 1 is 1.12 bits per heavy atom. The second kappa shape index (κ2) is 10.1. The number of aromatic nitrogens is 2. The van der Waals surface area contributed by atoms with Crippen LogP contribution in [-0.2, 0) is 11.3 Å². The van der Waals surface area contributed by atoms with Gasteiger partial charge in [0.1, 0.15) is 5.75 Å². The summed E-state index contributed by atoms with van der Waals surface area (Å²) >= 11 is 6.13. The summed E-state index contributed by atoms with van der Waals surface area (Å²) in [5.41, 5.74) is 2.51. The molecule has 0 bridgehead atoms. The van der Waals surface area contributed by atoms with E-state index in [9.17, 15) is 4.79 Å². The molecule has 1 amide bonds. The fourth-order valence-corrected chi connectivity index (χ4v) is 3.78. The van der Waals surface area contributed by atoms with Crippen molar-refractivity contribution in [3.05, 3.63) is 58.9 Å². The number of methoxy groups -OCH3 is 1. The highest BCUT2D eigenvalue weighted by atomic mass is 35.5. The van der Waals surface area contributed by atoms with E-state index in [4.69, 9.17) is 20.9 Å². The van der Waals surface area contributed by atoms with Gasteiger partial charge in [0.15, 0.2) is 0 Å². The van der Waals surface area contributed by atoms with E-state index in [0.29, 0.717) is 29.8 Å². The number of amides is 1. The summed E-state index contributed by atoms with van der Waals surface area (Å²) in [5.74, 6) is 1.89. The molecule has 2 heterocycles. The Bertz CT molecular complexity index is 1060. The average Bonchev–Trinajstić information content (AvgIpc) is 3.27. The molecular formula is C23H26ClN5O3. The number of hydrogen-bond donors (Lipinski definition) is 1. The third kappa shape index (κ3) is 5.45. The SMILES string of the molecule is COc1ccc(-c2noc(CN3CCN(CC(=O)Nc4cccc(Cl)c4C)CC3)n2)cc1. The number of anilines is 1. The monoisotopic (exact) mass is 455 g/mol. The van der Waals surface area contributed by atoms with Crippen LogP contribution in [0.1, 0.15) is 11.5 Å². The smallest absolute Gasteiger partial charge is 0.241 e. The zero-order valence-corrected chi connectivity index (χ0v) is 18.9. The number of benzene rings is 2. The molecule has 168 valence electrons. The normalized spacial score (nSPS) is 15.0. The van der Waals surface area contributed by atoms with Crippen LogP contribution >= 0.6 is 11.6 Å². The predicted octanol–water partition coefficient (Wildman–Crippen LogP) is 3.46. The van der Waals surface area contributed by atoms with Crippen LogP contribution in [0, 0.1) is 6.92 Å².